The van der Waals surface area contributed by atoms with Gasteiger partial charge in [0.25, 0.3) is 11.8 Å². The van der Waals surface area contributed by atoms with Gasteiger partial charge in [-0.15, -0.1) is 23.1 Å². The highest BCUT2D eigenvalue weighted by atomic mass is 32.2. The van der Waals surface area contributed by atoms with E-state index in [9.17, 15) is 19.2 Å². The fourth-order valence-electron chi connectivity index (χ4n) is 5.30. The lowest BCUT2D eigenvalue weighted by atomic mass is 10.0. The predicted molar refractivity (Wildman–Crippen MR) is 212 cm³/mol. The first-order chi connectivity index (χ1) is 25.2. The van der Waals surface area contributed by atoms with Crippen LogP contribution in [0.5, 0.6) is 0 Å². The Morgan fingerprint density at radius 1 is 0.827 bits per heavy atom. The summed E-state index contributed by atoms with van der Waals surface area (Å²) in [7, 11) is 0. The van der Waals surface area contributed by atoms with Crippen LogP contribution in [0.4, 0.5) is 10.7 Å². The minimum atomic E-state index is -0.502. The van der Waals surface area contributed by atoms with E-state index in [0.29, 0.717) is 39.7 Å². The molecule has 5 aromatic rings. The SMILES string of the molecule is CCOC(=O)c1c(-c2ccccc2)csc1NC(=O)C(CC)Sc1cccc(NC(=O)/C(=C\c2ccc(C(C)C)cc2)NC(=O)c2ccccc2)c1. The molecule has 0 aliphatic carbocycles. The molecule has 1 aromatic heterocycles. The van der Waals surface area contributed by atoms with Crippen molar-refractivity contribution in [3.05, 3.63) is 143 Å². The Bertz CT molecular complexity index is 2040. The molecule has 1 heterocycles. The first-order valence-electron chi connectivity index (χ1n) is 17.1. The molecule has 1 atom stereocenters. The van der Waals surface area contributed by atoms with Gasteiger partial charge in [-0.1, -0.05) is 99.6 Å². The van der Waals surface area contributed by atoms with E-state index in [4.69, 9.17) is 4.74 Å². The highest BCUT2D eigenvalue weighted by Gasteiger charge is 2.26. The van der Waals surface area contributed by atoms with Gasteiger partial charge in [-0.2, -0.15) is 0 Å². The van der Waals surface area contributed by atoms with Crippen molar-refractivity contribution in [1.29, 1.82) is 0 Å². The quantitative estimate of drug-likeness (QED) is 0.0596. The summed E-state index contributed by atoms with van der Waals surface area (Å²) in [4.78, 5) is 54.2. The van der Waals surface area contributed by atoms with Crippen molar-refractivity contribution in [2.24, 2.45) is 0 Å². The number of hydrogen-bond donors (Lipinski definition) is 3. The van der Waals surface area contributed by atoms with Crippen molar-refractivity contribution in [3.8, 4) is 11.1 Å². The topological polar surface area (TPSA) is 114 Å². The van der Waals surface area contributed by atoms with Crippen molar-refractivity contribution < 1.29 is 23.9 Å². The molecule has 0 saturated carbocycles. The van der Waals surface area contributed by atoms with E-state index in [1.54, 1.807) is 55.5 Å². The van der Waals surface area contributed by atoms with Gasteiger partial charge in [-0.25, -0.2) is 4.79 Å². The van der Waals surface area contributed by atoms with E-state index in [1.165, 1.54) is 23.1 Å². The summed E-state index contributed by atoms with van der Waals surface area (Å²) in [5, 5.41) is 10.5. The second kappa shape index (κ2) is 18.2. The Balaban J connectivity index is 1.33. The second-order valence-corrected chi connectivity index (χ2v) is 14.3. The molecule has 1 unspecified atom stereocenters. The van der Waals surface area contributed by atoms with E-state index in [1.807, 2.05) is 79.0 Å². The summed E-state index contributed by atoms with van der Waals surface area (Å²) >= 11 is 2.63. The van der Waals surface area contributed by atoms with E-state index >= 15 is 0 Å². The second-order valence-electron chi connectivity index (χ2n) is 12.1. The third-order valence-corrected chi connectivity index (χ3v) is 10.3. The van der Waals surface area contributed by atoms with Gasteiger partial charge in [0.15, 0.2) is 0 Å². The van der Waals surface area contributed by atoms with Gasteiger partial charge in [-0.05, 0) is 72.4 Å². The Morgan fingerprint density at radius 3 is 2.17 bits per heavy atom. The standard InChI is InChI=1S/C42H41N3O5S2/c1-5-36(40(48)45-41-37(42(49)50-6-2)34(26-51-41)30-14-9-7-10-15-30)52-33-19-13-18-32(25-33)43-39(47)35(44-38(46)31-16-11-8-12-17-31)24-28-20-22-29(23-21-28)27(3)4/h7-27,36H,5-6H2,1-4H3,(H,43,47)(H,44,46)(H,45,48)/b35-24+. The summed E-state index contributed by atoms with van der Waals surface area (Å²) in [6, 6.07) is 33.2. The first kappa shape index (κ1) is 37.8. The van der Waals surface area contributed by atoms with Crippen LogP contribution >= 0.6 is 23.1 Å². The number of amides is 3. The Morgan fingerprint density at radius 2 is 1.52 bits per heavy atom. The maximum absolute atomic E-state index is 13.7. The van der Waals surface area contributed by atoms with E-state index in [-0.39, 0.29) is 18.2 Å². The lowest BCUT2D eigenvalue weighted by molar-refractivity contribution is -0.116. The molecule has 0 aliphatic heterocycles. The van der Waals surface area contributed by atoms with Gasteiger partial charge in [0, 0.05) is 27.1 Å². The molecule has 0 spiro atoms. The van der Waals surface area contributed by atoms with Crippen LogP contribution in [-0.4, -0.2) is 35.5 Å². The summed E-state index contributed by atoms with van der Waals surface area (Å²) in [5.41, 5.74) is 4.80. The largest absolute Gasteiger partial charge is 0.462 e. The Kier molecular flexibility index (Phi) is 13.2. The number of ether oxygens (including phenoxy) is 1. The molecule has 52 heavy (non-hydrogen) atoms. The molecule has 0 aliphatic rings. The van der Waals surface area contributed by atoms with Crippen molar-refractivity contribution in [2.45, 2.75) is 50.2 Å². The molecule has 0 saturated heterocycles. The summed E-state index contributed by atoms with van der Waals surface area (Å²) in [6.07, 6.45) is 2.15. The van der Waals surface area contributed by atoms with Gasteiger partial charge >= 0.3 is 5.97 Å². The minimum Gasteiger partial charge on any atom is -0.462 e. The third-order valence-electron chi connectivity index (χ3n) is 8.07. The molecule has 0 radical (unpaired) electrons. The van der Waals surface area contributed by atoms with Crippen LogP contribution in [0.25, 0.3) is 17.2 Å². The molecule has 10 heteroatoms. The lowest BCUT2D eigenvalue weighted by Gasteiger charge is -2.16. The van der Waals surface area contributed by atoms with Gasteiger partial charge in [0.2, 0.25) is 5.91 Å². The highest BCUT2D eigenvalue weighted by molar-refractivity contribution is 8.00. The Labute approximate surface area is 312 Å². The van der Waals surface area contributed by atoms with Crippen LogP contribution in [0.3, 0.4) is 0 Å². The highest BCUT2D eigenvalue weighted by Crippen LogP contribution is 2.37. The van der Waals surface area contributed by atoms with Crippen molar-refractivity contribution in [1.82, 2.24) is 5.32 Å². The number of thioether (sulfide) groups is 1. The van der Waals surface area contributed by atoms with Crippen LogP contribution < -0.4 is 16.0 Å². The molecule has 266 valence electrons. The molecule has 0 bridgehead atoms. The number of rotatable bonds is 14. The summed E-state index contributed by atoms with van der Waals surface area (Å²) < 4.78 is 5.35. The number of hydrogen-bond acceptors (Lipinski definition) is 7. The summed E-state index contributed by atoms with van der Waals surface area (Å²) in [6.45, 7) is 8.09. The smallest absolute Gasteiger partial charge is 0.341 e. The van der Waals surface area contributed by atoms with E-state index < -0.39 is 23.0 Å². The first-order valence-corrected chi connectivity index (χ1v) is 18.8. The normalized spacial score (nSPS) is 11.8. The molecule has 4 aromatic carbocycles. The molecule has 0 fully saturated rings. The van der Waals surface area contributed by atoms with Crippen LogP contribution in [-0.2, 0) is 14.3 Å². The average Bonchev–Trinajstić information content (AvgIpc) is 3.58. The maximum Gasteiger partial charge on any atom is 0.341 e. The van der Waals surface area contributed by atoms with Gasteiger partial charge < -0.3 is 20.7 Å². The van der Waals surface area contributed by atoms with Gasteiger partial charge in [-0.3, -0.25) is 14.4 Å². The van der Waals surface area contributed by atoms with Crippen molar-refractivity contribution in [3.63, 3.8) is 0 Å². The zero-order chi connectivity index (χ0) is 37.0. The van der Waals surface area contributed by atoms with Crippen LogP contribution in [0, 0.1) is 0 Å². The zero-order valence-corrected chi connectivity index (χ0v) is 31.1. The Hall–Kier alpha value is -5.45. The van der Waals surface area contributed by atoms with Gasteiger partial charge in [0.05, 0.1) is 11.9 Å². The number of anilines is 2. The van der Waals surface area contributed by atoms with Crippen LogP contribution in [0.1, 0.15) is 71.9 Å². The molecule has 5 rings (SSSR count). The number of nitrogens with one attached hydrogen (secondary N) is 3. The molecule has 3 amide bonds. The number of carbonyl (C=O) groups excluding carboxylic acids is 4. The fourth-order valence-corrected chi connectivity index (χ4v) is 7.27. The number of thiophene rings is 1. The zero-order valence-electron chi connectivity index (χ0n) is 29.5. The maximum atomic E-state index is 13.7. The van der Waals surface area contributed by atoms with Crippen molar-refractivity contribution in [2.75, 3.05) is 17.2 Å². The van der Waals surface area contributed by atoms with E-state index in [0.717, 1.165) is 21.6 Å². The monoisotopic (exact) mass is 731 g/mol. The number of carbonyl (C=O) groups is 4. The van der Waals surface area contributed by atoms with Crippen LogP contribution in [0.2, 0.25) is 0 Å². The lowest BCUT2D eigenvalue weighted by Crippen LogP contribution is -2.30. The predicted octanol–water partition coefficient (Wildman–Crippen LogP) is 9.63. The number of esters is 1. The molecule has 8 nitrogen and oxygen atoms in total. The molecular formula is C42H41N3O5S2. The molecular weight excluding hydrogens is 691 g/mol. The minimum absolute atomic E-state index is 0.0817. The van der Waals surface area contributed by atoms with Crippen LogP contribution in [0.15, 0.2) is 125 Å². The summed E-state index contributed by atoms with van der Waals surface area (Å²) in [5.74, 6) is -1.31. The third kappa shape index (κ3) is 9.86. The average molecular weight is 732 g/mol. The fraction of sp³-hybridized carbons (Fsp3) is 0.190. The molecule has 3 N–H and O–H groups in total. The van der Waals surface area contributed by atoms with Gasteiger partial charge in [0.1, 0.15) is 16.3 Å². The van der Waals surface area contributed by atoms with E-state index in [2.05, 4.69) is 29.8 Å². The number of benzene rings is 4. The van der Waals surface area contributed by atoms with Crippen molar-refractivity contribution >= 4 is 63.6 Å².